The number of aliphatic imine (C=N–C) groups is 1. The van der Waals surface area contributed by atoms with Crippen LogP contribution in [-0.2, 0) is 6.54 Å². The second-order valence-corrected chi connectivity index (χ2v) is 4.17. The van der Waals surface area contributed by atoms with Crippen molar-refractivity contribution in [3.05, 3.63) is 57.9 Å². The average Bonchev–Trinajstić information content (AvgIpc) is 2.76. The van der Waals surface area contributed by atoms with E-state index in [1.165, 1.54) is 0 Å². The van der Waals surface area contributed by atoms with Crippen LogP contribution in [0.15, 0.2) is 46.2 Å². The van der Waals surface area contributed by atoms with Crippen molar-refractivity contribution >= 4 is 5.84 Å². The van der Waals surface area contributed by atoms with Crippen LogP contribution in [0.4, 0.5) is 0 Å². The number of benzene rings is 1. The predicted molar refractivity (Wildman–Crippen MR) is 70.7 cm³/mol. The van der Waals surface area contributed by atoms with Gasteiger partial charge in [-0.3, -0.25) is 9.79 Å². The first-order valence-corrected chi connectivity index (χ1v) is 5.58. The van der Waals surface area contributed by atoms with Crippen molar-refractivity contribution < 1.29 is 0 Å². The van der Waals surface area contributed by atoms with Crippen molar-refractivity contribution in [1.82, 2.24) is 4.68 Å². The SMILES string of the molecule is NC1=NCc2cc(-c3ccccc3)n(N)c(=O)c21. The Labute approximate surface area is 103 Å². The Morgan fingerprint density at radius 2 is 1.94 bits per heavy atom. The molecule has 2 heterocycles. The van der Waals surface area contributed by atoms with Gasteiger partial charge in [-0.15, -0.1) is 0 Å². The molecule has 3 rings (SSSR count). The molecule has 90 valence electrons. The fraction of sp³-hybridized carbons (Fsp3) is 0.0769. The second-order valence-electron chi connectivity index (χ2n) is 4.17. The summed E-state index contributed by atoms with van der Waals surface area (Å²) >= 11 is 0. The fourth-order valence-corrected chi connectivity index (χ4v) is 2.15. The Bertz CT molecular complexity index is 701. The Morgan fingerprint density at radius 1 is 1.22 bits per heavy atom. The lowest BCUT2D eigenvalue weighted by atomic mass is 10.1. The molecule has 0 fully saturated rings. The number of fused-ring (bicyclic) bond motifs is 1. The molecule has 0 unspecified atom stereocenters. The van der Waals surface area contributed by atoms with Crippen molar-refractivity contribution in [2.45, 2.75) is 6.54 Å². The van der Waals surface area contributed by atoms with Crippen molar-refractivity contribution in [2.75, 3.05) is 5.84 Å². The third-order valence-electron chi connectivity index (χ3n) is 3.07. The van der Waals surface area contributed by atoms with Gasteiger partial charge in [-0.25, -0.2) is 4.68 Å². The third-order valence-corrected chi connectivity index (χ3v) is 3.07. The molecule has 1 aliphatic rings. The van der Waals surface area contributed by atoms with Crippen LogP contribution in [0.3, 0.4) is 0 Å². The summed E-state index contributed by atoms with van der Waals surface area (Å²) < 4.78 is 1.13. The molecule has 5 heteroatoms. The van der Waals surface area contributed by atoms with Crippen LogP contribution in [0.1, 0.15) is 11.1 Å². The molecule has 0 saturated carbocycles. The maximum absolute atomic E-state index is 12.1. The monoisotopic (exact) mass is 240 g/mol. The number of pyridine rings is 1. The number of hydrogen-bond donors (Lipinski definition) is 2. The van der Waals surface area contributed by atoms with E-state index in [-0.39, 0.29) is 11.4 Å². The van der Waals surface area contributed by atoms with Crippen LogP contribution in [0, 0.1) is 0 Å². The number of amidine groups is 1. The maximum Gasteiger partial charge on any atom is 0.280 e. The van der Waals surface area contributed by atoms with Gasteiger partial charge in [0.05, 0.1) is 17.8 Å². The summed E-state index contributed by atoms with van der Waals surface area (Å²) in [5, 5.41) is 0. The van der Waals surface area contributed by atoms with Gasteiger partial charge < -0.3 is 11.6 Å². The lowest BCUT2D eigenvalue weighted by Crippen LogP contribution is -2.34. The summed E-state index contributed by atoms with van der Waals surface area (Å²) in [4.78, 5) is 16.2. The predicted octanol–water partition coefficient (Wildman–Crippen LogP) is 0.448. The lowest BCUT2D eigenvalue weighted by molar-refractivity contribution is 0.931. The highest BCUT2D eigenvalue weighted by Crippen LogP contribution is 2.21. The van der Waals surface area contributed by atoms with Gasteiger partial charge in [0, 0.05) is 5.56 Å². The minimum Gasteiger partial charge on any atom is -0.383 e. The lowest BCUT2D eigenvalue weighted by Gasteiger charge is -2.10. The van der Waals surface area contributed by atoms with Crippen LogP contribution in [0.5, 0.6) is 0 Å². The molecule has 18 heavy (non-hydrogen) atoms. The van der Waals surface area contributed by atoms with E-state index in [4.69, 9.17) is 11.6 Å². The van der Waals surface area contributed by atoms with Gasteiger partial charge in [-0.2, -0.15) is 0 Å². The fourth-order valence-electron chi connectivity index (χ4n) is 2.15. The van der Waals surface area contributed by atoms with Crippen molar-refractivity contribution in [3.8, 4) is 11.3 Å². The molecule has 0 radical (unpaired) electrons. The zero-order chi connectivity index (χ0) is 12.7. The number of nitrogens with zero attached hydrogens (tertiary/aromatic N) is 2. The van der Waals surface area contributed by atoms with Crippen LogP contribution in [0.2, 0.25) is 0 Å². The van der Waals surface area contributed by atoms with E-state index >= 15 is 0 Å². The molecule has 0 spiro atoms. The standard InChI is InChI=1S/C13H12N4O/c14-12-11-9(7-16-12)6-10(17(15)13(11)18)8-4-2-1-3-5-8/h1-6H,7,15H2,(H2,14,16). The summed E-state index contributed by atoms with van der Waals surface area (Å²) in [6.07, 6.45) is 0. The van der Waals surface area contributed by atoms with Gasteiger partial charge in [0.25, 0.3) is 5.56 Å². The maximum atomic E-state index is 12.1. The molecule has 4 N–H and O–H groups in total. The zero-order valence-corrected chi connectivity index (χ0v) is 9.63. The average molecular weight is 240 g/mol. The molecule has 5 nitrogen and oxygen atoms in total. The van der Waals surface area contributed by atoms with Crippen molar-refractivity contribution in [2.24, 2.45) is 10.7 Å². The van der Waals surface area contributed by atoms with E-state index in [9.17, 15) is 4.79 Å². The minimum atomic E-state index is -0.301. The molecule has 2 aromatic rings. The zero-order valence-electron chi connectivity index (χ0n) is 9.63. The van der Waals surface area contributed by atoms with E-state index in [1.807, 2.05) is 36.4 Å². The van der Waals surface area contributed by atoms with Gasteiger partial charge in [0.2, 0.25) is 0 Å². The minimum absolute atomic E-state index is 0.272. The number of hydrogen-bond acceptors (Lipinski definition) is 4. The Hall–Kier alpha value is -2.56. The van der Waals surface area contributed by atoms with Crippen molar-refractivity contribution in [1.29, 1.82) is 0 Å². The molecule has 1 aromatic carbocycles. The Morgan fingerprint density at radius 3 is 2.67 bits per heavy atom. The molecule has 0 saturated heterocycles. The van der Waals surface area contributed by atoms with Crippen LogP contribution in [0.25, 0.3) is 11.3 Å². The Kier molecular flexibility index (Phi) is 2.19. The quantitative estimate of drug-likeness (QED) is 0.709. The van der Waals surface area contributed by atoms with Gasteiger partial charge in [-0.1, -0.05) is 30.3 Å². The normalized spacial score (nSPS) is 13.2. The molecule has 0 amide bonds. The highest BCUT2D eigenvalue weighted by atomic mass is 16.1. The number of nitrogens with two attached hydrogens (primary N) is 2. The summed E-state index contributed by atoms with van der Waals surface area (Å²) in [5.41, 5.74) is 8.21. The van der Waals surface area contributed by atoms with E-state index in [2.05, 4.69) is 4.99 Å². The van der Waals surface area contributed by atoms with E-state index in [1.54, 1.807) is 0 Å². The summed E-state index contributed by atoms with van der Waals surface area (Å²) in [5.74, 6) is 6.12. The summed E-state index contributed by atoms with van der Waals surface area (Å²) in [6, 6.07) is 11.4. The molecule has 1 aromatic heterocycles. The van der Waals surface area contributed by atoms with E-state index in [0.29, 0.717) is 17.8 Å². The largest absolute Gasteiger partial charge is 0.383 e. The van der Waals surface area contributed by atoms with Gasteiger partial charge >= 0.3 is 0 Å². The van der Waals surface area contributed by atoms with Crippen LogP contribution >= 0.6 is 0 Å². The second kappa shape index (κ2) is 3.73. The molecule has 0 aliphatic carbocycles. The van der Waals surface area contributed by atoms with Gasteiger partial charge in [-0.05, 0) is 11.6 Å². The third kappa shape index (κ3) is 1.41. The Balaban J connectivity index is 2.28. The van der Waals surface area contributed by atoms with Gasteiger partial charge in [0.15, 0.2) is 0 Å². The van der Waals surface area contributed by atoms with Crippen LogP contribution < -0.4 is 17.1 Å². The molecule has 0 bridgehead atoms. The molecular weight excluding hydrogens is 228 g/mol. The first-order chi connectivity index (χ1) is 8.68. The highest BCUT2D eigenvalue weighted by Gasteiger charge is 2.20. The van der Waals surface area contributed by atoms with Crippen LogP contribution in [-0.4, -0.2) is 10.5 Å². The smallest absolute Gasteiger partial charge is 0.280 e. The molecular formula is C13H12N4O. The summed E-state index contributed by atoms with van der Waals surface area (Å²) in [7, 11) is 0. The summed E-state index contributed by atoms with van der Waals surface area (Å²) in [6.45, 7) is 0.442. The van der Waals surface area contributed by atoms with Gasteiger partial charge in [0.1, 0.15) is 5.84 Å². The molecule has 0 atom stereocenters. The number of aromatic nitrogens is 1. The van der Waals surface area contributed by atoms with Crippen molar-refractivity contribution in [3.63, 3.8) is 0 Å². The molecule has 1 aliphatic heterocycles. The highest BCUT2D eigenvalue weighted by molar-refractivity contribution is 6.00. The topological polar surface area (TPSA) is 86.4 Å². The number of rotatable bonds is 1. The number of nitrogen functional groups attached to an aromatic ring is 1. The first kappa shape index (κ1) is 10.6. The van der Waals surface area contributed by atoms with E-state index in [0.717, 1.165) is 15.8 Å². The van der Waals surface area contributed by atoms with E-state index < -0.39 is 0 Å². The first-order valence-electron chi connectivity index (χ1n) is 5.58.